The van der Waals surface area contributed by atoms with Gasteiger partial charge in [-0.15, -0.1) is 5.10 Å². The van der Waals surface area contributed by atoms with E-state index in [4.69, 9.17) is 15.5 Å². The number of nitrogens with two attached hydrogens (primary N) is 1. The molecule has 0 radical (unpaired) electrons. The van der Waals surface area contributed by atoms with E-state index in [2.05, 4.69) is 27.0 Å². The maximum Gasteiger partial charge on any atom is 0.223 e. The normalized spacial score (nSPS) is 19.3. The molecule has 4 aromatic rings. The van der Waals surface area contributed by atoms with E-state index in [1.807, 2.05) is 12.4 Å². The molecular formula is C23H29FN8O2. The van der Waals surface area contributed by atoms with E-state index in [1.54, 1.807) is 18.5 Å². The van der Waals surface area contributed by atoms with Gasteiger partial charge in [-0.05, 0) is 39.7 Å². The van der Waals surface area contributed by atoms with Crippen molar-refractivity contribution in [2.24, 2.45) is 0 Å². The summed E-state index contributed by atoms with van der Waals surface area (Å²) in [6, 6.07) is 2.98. The highest BCUT2D eigenvalue weighted by Gasteiger charge is 2.31. The van der Waals surface area contributed by atoms with Crippen molar-refractivity contribution in [2.45, 2.75) is 57.7 Å². The van der Waals surface area contributed by atoms with Crippen LogP contribution < -0.4 is 15.4 Å². The number of aliphatic hydroxyl groups is 1. The van der Waals surface area contributed by atoms with E-state index in [0.717, 1.165) is 18.5 Å². The van der Waals surface area contributed by atoms with Gasteiger partial charge in [0.05, 0.1) is 36.5 Å². The molecule has 10 nitrogen and oxygen atoms in total. The van der Waals surface area contributed by atoms with Crippen molar-refractivity contribution in [3.63, 3.8) is 0 Å². The van der Waals surface area contributed by atoms with Crippen LogP contribution in [0.1, 0.15) is 45.4 Å². The Morgan fingerprint density at radius 2 is 2.06 bits per heavy atom. The molecule has 0 amide bonds. The van der Waals surface area contributed by atoms with Crippen LogP contribution in [0.2, 0.25) is 0 Å². The van der Waals surface area contributed by atoms with Crippen LogP contribution in [0, 0.1) is 5.82 Å². The quantitative estimate of drug-likeness (QED) is 0.459. The summed E-state index contributed by atoms with van der Waals surface area (Å²) in [5.41, 5.74) is 7.23. The van der Waals surface area contributed by atoms with E-state index in [-0.39, 0.29) is 11.9 Å². The maximum atomic E-state index is 14.2. The Morgan fingerprint density at radius 3 is 2.79 bits per heavy atom. The lowest BCUT2D eigenvalue weighted by Crippen LogP contribution is -2.41. The SMILES string of the molecule is COc1cc(F)cc2c1nc(N)n1nc(C3CCC(C)N(c4cnn(CC(C)(C)O)c4)C3)nc21. The average Bonchev–Trinajstić information content (AvgIpc) is 3.41. The first-order chi connectivity index (χ1) is 16.1. The predicted molar refractivity (Wildman–Crippen MR) is 127 cm³/mol. The Morgan fingerprint density at radius 1 is 1.26 bits per heavy atom. The zero-order valence-electron chi connectivity index (χ0n) is 19.7. The van der Waals surface area contributed by atoms with E-state index in [0.29, 0.717) is 47.3 Å². The number of hydrogen-bond acceptors (Lipinski definition) is 8. The first kappa shape index (κ1) is 22.3. The Hall–Kier alpha value is -3.47. The van der Waals surface area contributed by atoms with Gasteiger partial charge < -0.3 is 20.5 Å². The van der Waals surface area contributed by atoms with Gasteiger partial charge in [0.15, 0.2) is 11.5 Å². The number of anilines is 2. The summed E-state index contributed by atoms with van der Waals surface area (Å²) in [7, 11) is 1.47. The molecular weight excluding hydrogens is 439 g/mol. The Balaban J connectivity index is 1.49. The molecule has 11 heteroatoms. The number of aromatic nitrogens is 6. The van der Waals surface area contributed by atoms with Crippen LogP contribution >= 0.6 is 0 Å². The Kier molecular flexibility index (Phi) is 5.31. The van der Waals surface area contributed by atoms with E-state index >= 15 is 0 Å². The maximum absolute atomic E-state index is 14.2. The number of rotatable bonds is 5. The number of methoxy groups -OCH3 is 1. The van der Waals surface area contributed by atoms with Crippen molar-refractivity contribution in [1.82, 2.24) is 29.4 Å². The van der Waals surface area contributed by atoms with Crippen molar-refractivity contribution in [3.05, 3.63) is 36.2 Å². The molecule has 34 heavy (non-hydrogen) atoms. The molecule has 0 aliphatic carbocycles. The topological polar surface area (TPSA) is 120 Å². The summed E-state index contributed by atoms with van der Waals surface area (Å²) < 4.78 is 22.8. The molecule has 1 aliphatic heterocycles. The monoisotopic (exact) mass is 468 g/mol. The summed E-state index contributed by atoms with van der Waals surface area (Å²) in [5.74, 6) is 0.723. The Labute approximate surface area is 196 Å². The predicted octanol–water partition coefficient (Wildman–Crippen LogP) is 2.75. The number of nitrogen functional groups attached to an aromatic ring is 1. The summed E-state index contributed by atoms with van der Waals surface area (Å²) in [6.45, 7) is 6.82. The second-order valence-electron chi connectivity index (χ2n) is 9.66. The fraction of sp³-hybridized carbons (Fsp3) is 0.478. The molecule has 2 atom stereocenters. The fourth-order valence-electron chi connectivity index (χ4n) is 4.67. The Bertz CT molecular complexity index is 1360. The number of fused-ring (bicyclic) bond motifs is 3. The molecule has 1 fully saturated rings. The minimum absolute atomic E-state index is 0.0543. The highest BCUT2D eigenvalue weighted by molar-refractivity contribution is 5.95. The molecule has 0 bridgehead atoms. The lowest BCUT2D eigenvalue weighted by atomic mass is 9.92. The van der Waals surface area contributed by atoms with Crippen LogP contribution in [0.4, 0.5) is 16.0 Å². The zero-order valence-corrected chi connectivity index (χ0v) is 19.7. The van der Waals surface area contributed by atoms with Gasteiger partial charge in [0.1, 0.15) is 17.1 Å². The van der Waals surface area contributed by atoms with Crippen molar-refractivity contribution in [3.8, 4) is 5.75 Å². The van der Waals surface area contributed by atoms with E-state index in [9.17, 15) is 9.50 Å². The van der Waals surface area contributed by atoms with Gasteiger partial charge in [-0.2, -0.15) is 9.61 Å². The number of piperidine rings is 1. The van der Waals surface area contributed by atoms with Gasteiger partial charge >= 0.3 is 0 Å². The lowest BCUT2D eigenvalue weighted by molar-refractivity contribution is 0.0577. The average molecular weight is 469 g/mol. The number of benzene rings is 1. The molecule has 1 saturated heterocycles. The molecule has 3 aromatic heterocycles. The van der Waals surface area contributed by atoms with Crippen LogP contribution in [-0.4, -0.2) is 59.8 Å². The van der Waals surface area contributed by atoms with Gasteiger partial charge in [0, 0.05) is 30.8 Å². The van der Waals surface area contributed by atoms with Crippen LogP contribution in [0.15, 0.2) is 24.5 Å². The molecule has 0 spiro atoms. The summed E-state index contributed by atoms with van der Waals surface area (Å²) >= 11 is 0. The largest absolute Gasteiger partial charge is 0.494 e. The molecule has 1 aromatic carbocycles. The molecule has 3 N–H and O–H groups in total. The van der Waals surface area contributed by atoms with E-state index < -0.39 is 11.4 Å². The summed E-state index contributed by atoms with van der Waals surface area (Å²) in [4.78, 5) is 11.5. The summed E-state index contributed by atoms with van der Waals surface area (Å²) in [6.07, 6.45) is 5.65. The van der Waals surface area contributed by atoms with Crippen molar-refractivity contribution < 1.29 is 14.2 Å². The van der Waals surface area contributed by atoms with Crippen molar-refractivity contribution in [2.75, 3.05) is 24.3 Å². The molecule has 2 unspecified atom stereocenters. The van der Waals surface area contributed by atoms with Crippen LogP contribution in [0.25, 0.3) is 16.6 Å². The highest BCUT2D eigenvalue weighted by atomic mass is 19.1. The van der Waals surface area contributed by atoms with Gasteiger partial charge in [0.25, 0.3) is 0 Å². The highest BCUT2D eigenvalue weighted by Crippen LogP contribution is 2.34. The van der Waals surface area contributed by atoms with Crippen molar-refractivity contribution in [1.29, 1.82) is 0 Å². The minimum atomic E-state index is -0.849. The first-order valence-electron chi connectivity index (χ1n) is 11.3. The molecule has 1 aliphatic rings. The summed E-state index contributed by atoms with van der Waals surface area (Å²) in [5, 5.41) is 19.7. The standard InChI is InChI=1S/C23H29FN8O2/c1-13-5-6-14(10-31(13)16-9-26-30(11-16)12-23(2,3)33)20-28-21-17-7-15(24)8-18(34-4)19(17)27-22(25)32(21)29-20/h7-9,11,13-14,33H,5-6,10,12H2,1-4H3,(H2,25,27). The third kappa shape index (κ3) is 4.00. The second-order valence-corrected chi connectivity index (χ2v) is 9.66. The van der Waals surface area contributed by atoms with E-state index in [1.165, 1.54) is 23.8 Å². The van der Waals surface area contributed by atoms with Gasteiger partial charge in [0.2, 0.25) is 5.95 Å². The number of ether oxygens (including phenoxy) is 1. The molecule has 0 saturated carbocycles. The lowest BCUT2D eigenvalue weighted by Gasteiger charge is -2.37. The number of halogens is 1. The number of hydrogen-bond donors (Lipinski definition) is 2. The van der Waals surface area contributed by atoms with Crippen LogP contribution in [0.3, 0.4) is 0 Å². The fourth-order valence-corrected chi connectivity index (χ4v) is 4.67. The minimum Gasteiger partial charge on any atom is -0.494 e. The van der Waals surface area contributed by atoms with Gasteiger partial charge in [-0.25, -0.2) is 14.4 Å². The van der Waals surface area contributed by atoms with Crippen molar-refractivity contribution >= 4 is 28.2 Å². The third-order valence-corrected chi connectivity index (χ3v) is 6.31. The second kappa shape index (κ2) is 8.08. The van der Waals surface area contributed by atoms with Gasteiger partial charge in [-0.3, -0.25) is 4.68 Å². The molecule has 4 heterocycles. The third-order valence-electron chi connectivity index (χ3n) is 6.31. The van der Waals surface area contributed by atoms with Crippen LogP contribution in [-0.2, 0) is 6.54 Å². The zero-order chi connectivity index (χ0) is 24.2. The smallest absolute Gasteiger partial charge is 0.223 e. The molecule has 180 valence electrons. The molecule has 5 rings (SSSR count). The van der Waals surface area contributed by atoms with Gasteiger partial charge in [-0.1, -0.05) is 0 Å². The number of nitrogens with zero attached hydrogens (tertiary/aromatic N) is 7. The first-order valence-corrected chi connectivity index (χ1v) is 11.3. The van der Waals surface area contributed by atoms with Crippen LogP contribution in [0.5, 0.6) is 5.75 Å².